The lowest BCUT2D eigenvalue weighted by atomic mass is 9.87. The van der Waals surface area contributed by atoms with Crippen LogP contribution in [0.25, 0.3) is 0 Å². The molecule has 0 fully saturated rings. The Morgan fingerprint density at radius 2 is 2.11 bits per heavy atom. The van der Waals surface area contributed by atoms with Crippen molar-refractivity contribution >= 4 is 12.0 Å². The third-order valence-electron chi connectivity index (χ3n) is 2.76. The average molecular weight is 268 g/mol. The summed E-state index contributed by atoms with van der Waals surface area (Å²) in [6.45, 7) is 7.41. The van der Waals surface area contributed by atoms with Gasteiger partial charge in [-0.2, -0.15) is 5.10 Å². The molecule has 1 aromatic heterocycles. The van der Waals surface area contributed by atoms with Crippen LogP contribution in [-0.2, 0) is 11.3 Å². The standard InChI is InChI=1S/C12H20N4O3/c1-7-8(6-14-16-7)5-13-11(19)15-9(10(17)18)12(2,3)4/h6,9H,5H2,1-4H3,(H,14,16)(H,17,18)(H2,13,15,19)/t9-/m0/s1. The Bertz CT molecular complexity index is 462. The first-order valence-electron chi connectivity index (χ1n) is 5.98. The number of H-pyrrole nitrogens is 1. The summed E-state index contributed by atoms with van der Waals surface area (Å²) in [6.07, 6.45) is 1.62. The first-order valence-corrected chi connectivity index (χ1v) is 5.98. The maximum Gasteiger partial charge on any atom is 0.326 e. The number of carboxylic acid groups (broad SMARTS) is 1. The highest BCUT2D eigenvalue weighted by molar-refractivity contribution is 5.83. The maximum absolute atomic E-state index is 11.7. The predicted octanol–water partition coefficient (Wildman–Crippen LogP) is 1.02. The minimum Gasteiger partial charge on any atom is -0.480 e. The van der Waals surface area contributed by atoms with Gasteiger partial charge in [-0.05, 0) is 12.3 Å². The molecule has 7 heteroatoms. The average Bonchev–Trinajstić information content (AvgIpc) is 2.67. The van der Waals surface area contributed by atoms with Crippen molar-refractivity contribution in [3.05, 3.63) is 17.5 Å². The van der Waals surface area contributed by atoms with Gasteiger partial charge in [0.25, 0.3) is 0 Å². The number of hydrogen-bond donors (Lipinski definition) is 4. The number of nitrogens with zero attached hydrogens (tertiary/aromatic N) is 1. The number of hydrogen-bond acceptors (Lipinski definition) is 3. The molecule has 0 bridgehead atoms. The number of urea groups is 1. The molecule has 0 unspecified atom stereocenters. The zero-order valence-electron chi connectivity index (χ0n) is 11.6. The first kappa shape index (κ1) is 15.0. The van der Waals surface area contributed by atoms with Crippen LogP contribution < -0.4 is 10.6 Å². The minimum absolute atomic E-state index is 0.296. The molecular formula is C12H20N4O3. The van der Waals surface area contributed by atoms with Crippen LogP contribution in [0.1, 0.15) is 32.0 Å². The number of carboxylic acids is 1. The lowest BCUT2D eigenvalue weighted by molar-refractivity contribution is -0.141. The molecule has 1 aromatic rings. The number of aliphatic carboxylic acids is 1. The van der Waals surface area contributed by atoms with E-state index in [1.807, 2.05) is 6.92 Å². The lowest BCUT2D eigenvalue weighted by Gasteiger charge is -2.27. The van der Waals surface area contributed by atoms with E-state index in [2.05, 4.69) is 20.8 Å². The number of nitrogens with one attached hydrogen (secondary N) is 3. The van der Waals surface area contributed by atoms with Crippen LogP contribution in [0.4, 0.5) is 4.79 Å². The van der Waals surface area contributed by atoms with Crippen LogP contribution in [0.2, 0.25) is 0 Å². The molecule has 2 amide bonds. The molecule has 0 aliphatic rings. The Morgan fingerprint density at radius 1 is 1.47 bits per heavy atom. The normalized spacial score (nSPS) is 12.8. The van der Waals surface area contributed by atoms with E-state index in [1.54, 1.807) is 27.0 Å². The van der Waals surface area contributed by atoms with Gasteiger partial charge >= 0.3 is 12.0 Å². The zero-order chi connectivity index (χ0) is 14.6. The minimum atomic E-state index is -1.05. The number of amides is 2. The summed E-state index contributed by atoms with van der Waals surface area (Å²) in [5, 5.41) is 20.8. The summed E-state index contributed by atoms with van der Waals surface area (Å²) in [4.78, 5) is 22.8. The molecule has 0 saturated carbocycles. The van der Waals surface area contributed by atoms with Crippen molar-refractivity contribution < 1.29 is 14.7 Å². The fourth-order valence-corrected chi connectivity index (χ4v) is 1.56. The number of carbonyl (C=O) groups is 2. The van der Waals surface area contributed by atoms with Crippen LogP contribution in [0.5, 0.6) is 0 Å². The van der Waals surface area contributed by atoms with Crippen LogP contribution in [0.15, 0.2) is 6.20 Å². The highest BCUT2D eigenvalue weighted by Gasteiger charge is 2.32. The van der Waals surface area contributed by atoms with Gasteiger partial charge in [0.05, 0.1) is 6.20 Å². The van der Waals surface area contributed by atoms with Gasteiger partial charge in [-0.1, -0.05) is 20.8 Å². The van der Waals surface area contributed by atoms with E-state index in [-0.39, 0.29) is 0 Å². The van der Waals surface area contributed by atoms with Gasteiger partial charge in [0.1, 0.15) is 6.04 Å². The quantitative estimate of drug-likeness (QED) is 0.653. The number of carbonyl (C=O) groups excluding carboxylic acids is 1. The molecule has 0 radical (unpaired) electrons. The zero-order valence-corrected chi connectivity index (χ0v) is 11.6. The topological polar surface area (TPSA) is 107 Å². The van der Waals surface area contributed by atoms with Gasteiger partial charge in [0, 0.05) is 17.8 Å². The molecule has 106 valence electrons. The number of aromatic amines is 1. The van der Waals surface area contributed by atoms with E-state index < -0.39 is 23.5 Å². The lowest BCUT2D eigenvalue weighted by Crippen LogP contribution is -2.52. The van der Waals surface area contributed by atoms with Crippen molar-refractivity contribution in [1.29, 1.82) is 0 Å². The number of aryl methyl sites for hydroxylation is 1. The first-order chi connectivity index (χ1) is 8.71. The molecule has 1 atom stereocenters. The Kier molecular flexibility index (Phi) is 4.52. The molecular weight excluding hydrogens is 248 g/mol. The van der Waals surface area contributed by atoms with Crippen molar-refractivity contribution in [1.82, 2.24) is 20.8 Å². The van der Waals surface area contributed by atoms with Crippen molar-refractivity contribution in [2.45, 2.75) is 40.3 Å². The molecule has 0 spiro atoms. The smallest absolute Gasteiger partial charge is 0.326 e. The van der Waals surface area contributed by atoms with Gasteiger partial charge in [0.2, 0.25) is 0 Å². The molecule has 4 N–H and O–H groups in total. The molecule has 1 heterocycles. The Morgan fingerprint density at radius 3 is 2.53 bits per heavy atom. The highest BCUT2D eigenvalue weighted by Crippen LogP contribution is 2.19. The van der Waals surface area contributed by atoms with E-state index >= 15 is 0 Å². The molecule has 0 saturated heterocycles. The van der Waals surface area contributed by atoms with Crippen molar-refractivity contribution in [2.24, 2.45) is 5.41 Å². The molecule has 0 aliphatic heterocycles. The monoisotopic (exact) mass is 268 g/mol. The molecule has 1 rings (SSSR count). The van der Waals surface area contributed by atoms with Gasteiger partial charge in [-0.25, -0.2) is 9.59 Å². The summed E-state index contributed by atoms with van der Waals surface area (Å²) in [6, 6.07) is -1.46. The summed E-state index contributed by atoms with van der Waals surface area (Å²) >= 11 is 0. The van der Waals surface area contributed by atoms with E-state index in [0.717, 1.165) is 11.3 Å². The van der Waals surface area contributed by atoms with E-state index in [9.17, 15) is 9.59 Å². The highest BCUT2D eigenvalue weighted by atomic mass is 16.4. The van der Waals surface area contributed by atoms with Gasteiger partial charge in [0.15, 0.2) is 0 Å². The van der Waals surface area contributed by atoms with Crippen LogP contribution in [-0.4, -0.2) is 33.3 Å². The summed E-state index contributed by atoms with van der Waals surface area (Å²) in [7, 11) is 0. The molecule has 19 heavy (non-hydrogen) atoms. The largest absolute Gasteiger partial charge is 0.480 e. The van der Waals surface area contributed by atoms with Crippen molar-refractivity contribution in [3.63, 3.8) is 0 Å². The summed E-state index contributed by atoms with van der Waals surface area (Å²) < 4.78 is 0. The fourth-order valence-electron chi connectivity index (χ4n) is 1.56. The van der Waals surface area contributed by atoms with Crippen molar-refractivity contribution in [2.75, 3.05) is 0 Å². The van der Waals surface area contributed by atoms with Crippen LogP contribution in [0, 0.1) is 12.3 Å². The second-order valence-electron chi connectivity index (χ2n) is 5.48. The Labute approximate surface area is 111 Å². The van der Waals surface area contributed by atoms with E-state index in [4.69, 9.17) is 5.11 Å². The summed E-state index contributed by atoms with van der Waals surface area (Å²) in [5.74, 6) is -1.05. The van der Waals surface area contributed by atoms with E-state index in [1.165, 1.54) is 0 Å². The van der Waals surface area contributed by atoms with Gasteiger partial charge in [-0.3, -0.25) is 5.10 Å². The third-order valence-corrected chi connectivity index (χ3v) is 2.76. The fraction of sp³-hybridized carbons (Fsp3) is 0.583. The van der Waals surface area contributed by atoms with Crippen LogP contribution in [0.3, 0.4) is 0 Å². The SMILES string of the molecule is Cc1[nH]ncc1CNC(=O)N[C@@H](C(=O)O)C(C)(C)C. The maximum atomic E-state index is 11.7. The van der Waals surface area contributed by atoms with E-state index in [0.29, 0.717) is 6.54 Å². The number of aromatic nitrogens is 2. The number of rotatable bonds is 4. The molecule has 0 aromatic carbocycles. The van der Waals surface area contributed by atoms with Crippen molar-refractivity contribution in [3.8, 4) is 0 Å². The Hall–Kier alpha value is -2.05. The third kappa shape index (κ3) is 4.27. The molecule has 0 aliphatic carbocycles. The van der Waals surface area contributed by atoms with Crippen LogP contribution >= 0.6 is 0 Å². The van der Waals surface area contributed by atoms with Gasteiger partial charge < -0.3 is 15.7 Å². The second-order valence-corrected chi connectivity index (χ2v) is 5.48. The predicted molar refractivity (Wildman–Crippen MR) is 69.6 cm³/mol. The summed E-state index contributed by atoms with van der Waals surface area (Å²) in [5.41, 5.74) is 1.16. The molecule has 7 nitrogen and oxygen atoms in total. The second kappa shape index (κ2) is 5.73. The Balaban J connectivity index is 2.55. The van der Waals surface area contributed by atoms with Gasteiger partial charge in [-0.15, -0.1) is 0 Å².